The molecular formula is C27H27N3O3. The molecule has 3 aromatic rings. The third-order valence-corrected chi connectivity index (χ3v) is 5.46. The van der Waals surface area contributed by atoms with Crippen LogP contribution in [0.4, 0.5) is 11.4 Å². The van der Waals surface area contributed by atoms with E-state index in [1.165, 1.54) is 4.90 Å². The minimum absolute atomic E-state index is 0.212. The van der Waals surface area contributed by atoms with Gasteiger partial charge in [-0.1, -0.05) is 42.5 Å². The highest BCUT2D eigenvalue weighted by atomic mass is 16.5. The Balaban J connectivity index is 1.70. The molecule has 1 aliphatic heterocycles. The molecule has 4 rings (SSSR count). The van der Waals surface area contributed by atoms with Gasteiger partial charge >= 0.3 is 0 Å². The van der Waals surface area contributed by atoms with E-state index in [9.17, 15) is 9.59 Å². The zero-order chi connectivity index (χ0) is 23.4. The van der Waals surface area contributed by atoms with Crippen molar-refractivity contribution < 1.29 is 14.3 Å². The van der Waals surface area contributed by atoms with Crippen molar-refractivity contribution in [3.05, 3.63) is 95.7 Å². The Bertz CT molecular complexity index is 1170. The lowest BCUT2D eigenvalue weighted by molar-refractivity contribution is -0.137. The summed E-state index contributed by atoms with van der Waals surface area (Å²) in [6, 6.07) is 24.5. The van der Waals surface area contributed by atoms with Crippen LogP contribution in [0.15, 0.2) is 84.6 Å². The fraction of sp³-hybridized carbons (Fsp3) is 0.185. The van der Waals surface area contributed by atoms with Crippen LogP contribution in [0.2, 0.25) is 0 Å². The highest BCUT2D eigenvalue weighted by Gasteiger charge is 2.39. The van der Waals surface area contributed by atoms with Crippen LogP contribution in [0.5, 0.6) is 5.75 Å². The first-order valence-electron chi connectivity index (χ1n) is 10.9. The minimum Gasteiger partial charge on any atom is -0.494 e. The summed E-state index contributed by atoms with van der Waals surface area (Å²) in [5.74, 6) is 0.0541. The predicted octanol–water partition coefficient (Wildman–Crippen LogP) is 4.54. The molecule has 0 saturated heterocycles. The lowest BCUT2D eigenvalue weighted by Crippen LogP contribution is -2.31. The minimum atomic E-state index is -0.343. The monoisotopic (exact) mass is 441 g/mol. The molecule has 33 heavy (non-hydrogen) atoms. The lowest BCUT2D eigenvalue weighted by Gasteiger charge is -2.16. The maximum atomic E-state index is 13.4. The van der Waals surface area contributed by atoms with Gasteiger partial charge < -0.3 is 15.0 Å². The Morgan fingerprint density at radius 2 is 1.52 bits per heavy atom. The molecule has 0 fully saturated rings. The van der Waals surface area contributed by atoms with E-state index < -0.39 is 0 Å². The van der Waals surface area contributed by atoms with Gasteiger partial charge in [0, 0.05) is 25.5 Å². The number of benzene rings is 3. The zero-order valence-corrected chi connectivity index (χ0v) is 19.0. The van der Waals surface area contributed by atoms with Gasteiger partial charge in [-0.15, -0.1) is 0 Å². The van der Waals surface area contributed by atoms with E-state index in [0.29, 0.717) is 23.5 Å². The van der Waals surface area contributed by atoms with Crippen LogP contribution >= 0.6 is 0 Å². The molecule has 0 saturated carbocycles. The SMILES string of the molecule is CCOc1ccc(C2=C(Nc3ccc(N(C)C)cc3)C(=O)N(Cc3ccccc3)C2=O)cc1. The molecule has 0 radical (unpaired) electrons. The van der Waals surface area contributed by atoms with E-state index in [1.54, 1.807) is 0 Å². The van der Waals surface area contributed by atoms with E-state index in [2.05, 4.69) is 5.32 Å². The molecule has 1 N–H and O–H groups in total. The van der Waals surface area contributed by atoms with Gasteiger partial charge in [-0.3, -0.25) is 14.5 Å². The summed E-state index contributed by atoms with van der Waals surface area (Å²) >= 11 is 0. The first kappa shape index (κ1) is 22.1. The number of hydrogen-bond acceptors (Lipinski definition) is 5. The number of amides is 2. The number of anilines is 2. The Labute approximate surface area is 194 Å². The summed E-state index contributed by atoms with van der Waals surface area (Å²) in [4.78, 5) is 30.1. The number of nitrogens with one attached hydrogen (secondary N) is 1. The Hall–Kier alpha value is -4.06. The van der Waals surface area contributed by atoms with E-state index >= 15 is 0 Å². The van der Waals surface area contributed by atoms with Crippen molar-refractivity contribution >= 4 is 28.8 Å². The second-order valence-corrected chi connectivity index (χ2v) is 7.96. The third kappa shape index (κ3) is 4.75. The number of ether oxygens (including phenoxy) is 1. The number of carbonyl (C=O) groups is 2. The average Bonchev–Trinajstić information content (AvgIpc) is 3.05. The summed E-state index contributed by atoms with van der Waals surface area (Å²) in [6.45, 7) is 2.69. The number of imide groups is 1. The molecule has 6 nitrogen and oxygen atoms in total. The lowest BCUT2D eigenvalue weighted by atomic mass is 10.0. The van der Waals surface area contributed by atoms with Crippen molar-refractivity contribution in [1.82, 2.24) is 4.90 Å². The predicted molar refractivity (Wildman–Crippen MR) is 131 cm³/mol. The van der Waals surface area contributed by atoms with Crippen LogP contribution in [0, 0.1) is 0 Å². The molecule has 2 amide bonds. The fourth-order valence-electron chi connectivity index (χ4n) is 3.74. The van der Waals surface area contributed by atoms with Crippen LogP contribution in [0.25, 0.3) is 5.57 Å². The molecule has 0 unspecified atom stereocenters. The van der Waals surface area contributed by atoms with Gasteiger partial charge in [0.2, 0.25) is 0 Å². The second kappa shape index (κ2) is 9.61. The molecule has 1 heterocycles. The highest BCUT2D eigenvalue weighted by Crippen LogP contribution is 2.32. The van der Waals surface area contributed by atoms with Gasteiger partial charge in [0.15, 0.2) is 0 Å². The molecule has 1 aliphatic rings. The Morgan fingerprint density at radius 3 is 2.12 bits per heavy atom. The maximum absolute atomic E-state index is 13.4. The van der Waals surface area contributed by atoms with E-state index in [0.717, 1.165) is 16.9 Å². The van der Waals surface area contributed by atoms with Gasteiger partial charge in [-0.05, 0) is 54.4 Å². The van der Waals surface area contributed by atoms with Crippen molar-refractivity contribution in [3.63, 3.8) is 0 Å². The van der Waals surface area contributed by atoms with Crippen molar-refractivity contribution in [2.75, 3.05) is 30.9 Å². The molecule has 3 aromatic carbocycles. The molecule has 6 heteroatoms. The van der Waals surface area contributed by atoms with Crippen LogP contribution in [0.1, 0.15) is 18.1 Å². The topological polar surface area (TPSA) is 61.9 Å². The van der Waals surface area contributed by atoms with E-state index in [1.807, 2.05) is 105 Å². The van der Waals surface area contributed by atoms with Gasteiger partial charge in [-0.2, -0.15) is 0 Å². The van der Waals surface area contributed by atoms with Gasteiger partial charge in [0.1, 0.15) is 11.4 Å². The van der Waals surface area contributed by atoms with Crippen LogP contribution in [-0.2, 0) is 16.1 Å². The zero-order valence-electron chi connectivity index (χ0n) is 19.0. The average molecular weight is 442 g/mol. The summed E-state index contributed by atoms with van der Waals surface area (Å²) < 4.78 is 5.53. The van der Waals surface area contributed by atoms with Crippen molar-refractivity contribution in [3.8, 4) is 5.75 Å². The molecule has 0 bridgehead atoms. The largest absolute Gasteiger partial charge is 0.494 e. The summed E-state index contributed by atoms with van der Waals surface area (Å²) in [5.41, 5.74) is 3.97. The molecule has 168 valence electrons. The Kier molecular flexibility index (Phi) is 6.45. The summed E-state index contributed by atoms with van der Waals surface area (Å²) in [7, 11) is 3.94. The third-order valence-electron chi connectivity index (χ3n) is 5.46. The van der Waals surface area contributed by atoms with E-state index in [4.69, 9.17) is 4.74 Å². The second-order valence-electron chi connectivity index (χ2n) is 7.96. The molecule has 0 aliphatic carbocycles. The smallest absolute Gasteiger partial charge is 0.278 e. The normalized spacial score (nSPS) is 13.5. The van der Waals surface area contributed by atoms with Crippen molar-refractivity contribution in [1.29, 1.82) is 0 Å². The number of nitrogens with zero attached hydrogens (tertiary/aromatic N) is 2. The first-order chi connectivity index (χ1) is 16.0. The standard InChI is InChI=1S/C27H27N3O3/c1-4-33-23-16-10-20(11-17-23)24-25(28-21-12-14-22(15-13-21)29(2)3)27(32)30(26(24)31)18-19-8-6-5-7-9-19/h5-17,28H,4,18H2,1-3H3. The first-order valence-corrected chi connectivity index (χ1v) is 10.9. The van der Waals surface area contributed by atoms with Gasteiger partial charge in [0.25, 0.3) is 11.8 Å². The van der Waals surface area contributed by atoms with Gasteiger partial charge in [0.05, 0.1) is 18.7 Å². The number of carbonyl (C=O) groups excluding carboxylic acids is 2. The molecule has 0 atom stereocenters. The quantitative estimate of drug-likeness (QED) is 0.520. The molecule has 0 aromatic heterocycles. The van der Waals surface area contributed by atoms with Crippen LogP contribution in [-0.4, -0.2) is 37.4 Å². The Morgan fingerprint density at radius 1 is 0.848 bits per heavy atom. The maximum Gasteiger partial charge on any atom is 0.278 e. The molecular weight excluding hydrogens is 414 g/mol. The van der Waals surface area contributed by atoms with Crippen molar-refractivity contribution in [2.24, 2.45) is 0 Å². The van der Waals surface area contributed by atoms with Gasteiger partial charge in [-0.25, -0.2) is 0 Å². The summed E-state index contributed by atoms with van der Waals surface area (Å²) in [5, 5.41) is 3.21. The molecule has 0 spiro atoms. The van der Waals surface area contributed by atoms with Crippen LogP contribution in [0.3, 0.4) is 0 Å². The number of rotatable bonds is 8. The highest BCUT2D eigenvalue weighted by molar-refractivity contribution is 6.36. The van der Waals surface area contributed by atoms with Crippen LogP contribution < -0.4 is 15.0 Å². The summed E-state index contributed by atoms with van der Waals surface area (Å²) in [6.07, 6.45) is 0. The van der Waals surface area contributed by atoms with Crippen molar-refractivity contribution in [2.45, 2.75) is 13.5 Å². The fourth-order valence-corrected chi connectivity index (χ4v) is 3.74. The van der Waals surface area contributed by atoms with E-state index in [-0.39, 0.29) is 24.1 Å². The number of hydrogen-bond donors (Lipinski definition) is 1.